The van der Waals surface area contributed by atoms with E-state index < -0.39 is 5.97 Å². The molecule has 0 aliphatic heterocycles. The number of aromatic carboxylic acids is 1. The van der Waals surface area contributed by atoms with Crippen molar-refractivity contribution in [3.8, 4) is 0 Å². The van der Waals surface area contributed by atoms with E-state index in [1.54, 1.807) is 4.68 Å². The molecule has 6 heteroatoms. The normalized spacial score (nSPS) is 17.7. The molecule has 0 atom stereocenters. The lowest BCUT2D eigenvalue weighted by Crippen LogP contribution is -2.51. The summed E-state index contributed by atoms with van der Waals surface area (Å²) in [5.41, 5.74) is 0.315. The summed E-state index contributed by atoms with van der Waals surface area (Å²) >= 11 is 0. The standard InChI is InChI=1S/C11H18N4O2/c1-2-11(4-3-5-11)12-6-7-15-8-9(10(16)17)13-14-15/h8,12H,2-7H2,1H3,(H,16,17). The average Bonchev–Trinajstić information content (AvgIpc) is 2.71. The molecule has 0 aromatic carbocycles. The molecule has 17 heavy (non-hydrogen) atoms. The van der Waals surface area contributed by atoms with Gasteiger partial charge < -0.3 is 10.4 Å². The van der Waals surface area contributed by atoms with E-state index in [1.807, 2.05) is 0 Å². The number of nitrogens with zero attached hydrogens (tertiary/aromatic N) is 3. The fourth-order valence-electron chi connectivity index (χ4n) is 2.20. The van der Waals surface area contributed by atoms with Crippen LogP contribution in [0.2, 0.25) is 0 Å². The molecule has 0 bridgehead atoms. The van der Waals surface area contributed by atoms with Crippen molar-refractivity contribution in [3.63, 3.8) is 0 Å². The van der Waals surface area contributed by atoms with Gasteiger partial charge in [0, 0.05) is 12.1 Å². The summed E-state index contributed by atoms with van der Waals surface area (Å²) in [6.45, 7) is 3.66. The van der Waals surface area contributed by atoms with Crippen molar-refractivity contribution in [2.45, 2.75) is 44.7 Å². The van der Waals surface area contributed by atoms with Crippen LogP contribution in [0.15, 0.2) is 6.20 Å². The van der Waals surface area contributed by atoms with Crippen LogP contribution < -0.4 is 5.32 Å². The molecule has 1 aromatic heterocycles. The summed E-state index contributed by atoms with van der Waals surface area (Å²) < 4.78 is 1.57. The van der Waals surface area contributed by atoms with Gasteiger partial charge in [0.2, 0.25) is 0 Å². The highest BCUT2D eigenvalue weighted by molar-refractivity contribution is 5.84. The van der Waals surface area contributed by atoms with Crippen LogP contribution >= 0.6 is 0 Å². The van der Waals surface area contributed by atoms with Gasteiger partial charge in [-0.05, 0) is 25.7 Å². The molecule has 1 aliphatic rings. The highest BCUT2D eigenvalue weighted by atomic mass is 16.4. The predicted octanol–water partition coefficient (Wildman–Crippen LogP) is 0.899. The highest BCUT2D eigenvalue weighted by Gasteiger charge is 2.33. The highest BCUT2D eigenvalue weighted by Crippen LogP contribution is 2.34. The van der Waals surface area contributed by atoms with Crippen LogP contribution in [0.5, 0.6) is 0 Å². The first kappa shape index (κ1) is 12.0. The maximum absolute atomic E-state index is 10.6. The van der Waals surface area contributed by atoms with Crippen LogP contribution in [-0.4, -0.2) is 38.2 Å². The Bertz CT molecular complexity index is 392. The van der Waals surface area contributed by atoms with Gasteiger partial charge in [0.1, 0.15) is 0 Å². The van der Waals surface area contributed by atoms with Crippen LogP contribution in [0.3, 0.4) is 0 Å². The Balaban J connectivity index is 1.79. The Morgan fingerprint density at radius 2 is 2.41 bits per heavy atom. The molecule has 1 heterocycles. The minimum Gasteiger partial charge on any atom is -0.476 e. The fraction of sp³-hybridized carbons (Fsp3) is 0.727. The molecule has 6 nitrogen and oxygen atoms in total. The number of hydrogen-bond acceptors (Lipinski definition) is 4. The smallest absolute Gasteiger partial charge is 0.358 e. The summed E-state index contributed by atoms with van der Waals surface area (Å²) in [5, 5.41) is 19.6. The molecular weight excluding hydrogens is 220 g/mol. The van der Waals surface area contributed by atoms with Gasteiger partial charge in [0.05, 0.1) is 12.7 Å². The van der Waals surface area contributed by atoms with Crippen LogP contribution in [0.1, 0.15) is 43.1 Å². The van der Waals surface area contributed by atoms with E-state index in [0.717, 1.165) is 13.0 Å². The van der Waals surface area contributed by atoms with E-state index in [9.17, 15) is 4.79 Å². The average molecular weight is 238 g/mol. The van der Waals surface area contributed by atoms with Crippen LogP contribution in [0.4, 0.5) is 0 Å². The Kier molecular flexibility index (Phi) is 3.42. The van der Waals surface area contributed by atoms with E-state index in [0.29, 0.717) is 12.1 Å². The van der Waals surface area contributed by atoms with Crippen molar-refractivity contribution < 1.29 is 9.90 Å². The summed E-state index contributed by atoms with van der Waals surface area (Å²) in [4.78, 5) is 10.6. The maximum atomic E-state index is 10.6. The molecule has 1 saturated carbocycles. The third-order valence-electron chi connectivity index (χ3n) is 3.59. The van der Waals surface area contributed by atoms with Crippen molar-refractivity contribution >= 4 is 5.97 Å². The minimum absolute atomic E-state index is 0.00107. The fourth-order valence-corrected chi connectivity index (χ4v) is 2.20. The van der Waals surface area contributed by atoms with Gasteiger partial charge in [-0.1, -0.05) is 12.1 Å². The molecule has 1 fully saturated rings. The number of carboxylic acids is 1. The zero-order valence-electron chi connectivity index (χ0n) is 10.0. The van der Waals surface area contributed by atoms with E-state index in [4.69, 9.17) is 5.11 Å². The number of aromatic nitrogens is 3. The first-order chi connectivity index (χ1) is 8.15. The van der Waals surface area contributed by atoms with Gasteiger partial charge >= 0.3 is 5.97 Å². The predicted molar refractivity (Wildman–Crippen MR) is 61.9 cm³/mol. The number of carboxylic acid groups (broad SMARTS) is 1. The van der Waals surface area contributed by atoms with Gasteiger partial charge in [-0.3, -0.25) is 4.68 Å². The quantitative estimate of drug-likeness (QED) is 0.769. The second kappa shape index (κ2) is 4.83. The first-order valence-electron chi connectivity index (χ1n) is 6.04. The lowest BCUT2D eigenvalue weighted by atomic mass is 9.75. The largest absolute Gasteiger partial charge is 0.476 e. The maximum Gasteiger partial charge on any atom is 0.358 e. The third-order valence-corrected chi connectivity index (χ3v) is 3.59. The van der Waals surface area contributed by atoms with E-state index in [2.05, 4.69) is 22.6 Å². The van der Waals surface area contributed by atoms with Crippen LogP contribution in [0.25, 0.3) is 0 Å². The summed E-state index contributed by atoms with van der Waals surface area (Å²) in [6.07, 6.45) is 6.38. The lowest BCUT2D eigenvalue weighted by molar-refractivity contribution is 0.0690. The molecule has 94 valence electrons. The molecule has 0 spiro atoms. The topological polar surface area (TPSA) is 80.0 Å². The second-order valence-corrected chi connectivity index (χ2v) is 4.59. The third kappa shape index (κ3) is 2.63. The van der Waals surface area contributed by atoms with Crippen molar-refractivity contribution in [2.24, 2.45) is 0 Å². The molecule has 0 amide bonds. The van der Waals surface area contributed by atoms with E-state index in [1.165, 1.54) is 25.5 Å². The number of nitrogens with one attached hydrogen (secondary N) is 1. The molecule has 2 N–H and O–H groups in total. The molecule has 0 radical (unpaired) electrons. The van der Waals surface area contributed by atoms with E-state index >= 15 is 0 Å². The monoisotopic (exact) mass is 238 g/mol. The molecule has 2 rings (SSSR count). The van der Waals surface area contributed by atoms with Gasteiger partial charge in [-0.25, -0.2) is 4.79 Å². The number of carbonyl (C=O) groups is 1. The van der Waals surface area contributed by atoms with Crippen LogP contribution in [-0.2, 0) is 6.54 Å². The zero-order chi connectivity index (χ0) is 12.3. The molecule has 1 aromatic rings. The van der Waals surface area contributed by atoms with Crippen LogP contribution in [0, 0.1) is 0 Å². The Labute approximate surface area is 100 Å². The lowest BCUT2D eigenvalue weighted by Gasteiger charge is -2.42. The number of hydrogen-bond donors (Lipinski definition) is 2. The summed E-state index contributed by atoms with van der Waals surface area (Å²) in [5.74, 6) is -1.03. The molecule has 0 unspecified atom stereocenters. The van der Waals surface area contributed by atoms with Gasteiger partial charge in [-0.15, -0.1) is 5.10 Å². The Morgan fingerprint density at radius 1 is 1.65 bits per heavy atom. The number of rotatable bonds is 6. The van der Waals surface area contributed by atoms with Crippen molar-refractivity contribution in [1.82, 2.24) is 20.3 Å². The molecule has 1 aliphatic carbocycles. The Morgan fingerprint density at radius 3 is 2.88 bits per heavy atom. The van der Waals surface area contributed by atoms with Gasteiger partial charge in [0.15, 0.2) is 5.69 Å². The SMILES string of the molecule is CCC1(NCCn2cc(C(=O)O)nn2)CCC1. The summed E-state index contributed by atoms with van der Waals surface area (Å²) in [7, 11) is 0. The molecule has 0 saturated heterocycles. The summed E-state index contributed by atoms with van der Waals surface area (Å²) in [6, 6.07) is 0. The van der Waals surface area contributed by atoms with Gasteiger partial charge in [-0.2, -0.15) is 0 Å². The minimum atomic E-state index is -1.03. The molecular formula is C11H18N4O2. The van der Waals surface area contributed by atoms with E-state index in [-0.39, 0.29) is 5.69 Å². The van der Waals surface area contributed by atoms with Crippen molar-refractivity contribution in [3.05, 3.63) is 11.9 Å². The second-order valence-electron chi connectivity index (χ2n) is 4.59. The van der Waals surface area contributed by atoms with Crippen molar-refractivity contribution in [2.75, 3.05) is 6.54 Å². The van der Waals surface area contributed by atoms with Crippen molar-refractivity contribution in [1.29, 1.82) is 0 Å². The first-order valence-corrected chi connectivity index (χ1v) is 6.04. The zero-order valence-corrected chi connectivity index (χ0v) is 10.0. The van der Waals surface area contributed by atoms with Gasteiger partial charge in [0.25, 0.3) is 0 Å². The Hall–Kier alpha value is -1.43.